The van der Waals surface area contributed by atoms with E-state index in [9.17, 15) is 4.79 Å². The number of carbonyl (C=O) groups is 1. The first-order chi connectivity index (χ1) is 13.2. The number of rotatable bonds is 3. The van der Waals surface area contributed by atoms with Gasteiger partial charge in [0.05, 0.1) is 5.69 Å². The number of nitrogens with zero attached hydrogens (tertiary/aromatic N) is 2. The van der Waals surface area contributed by atoms with Crippen LogP contribution in [0.2, 0.25) is 0 Å². The third-order valence-electron chi connectivity index (χ3n) is 6.72. The highest BCUT2D eigenvalue weighted by Crippen LogP contribution is 2.47. The van der Waals surface area contributed by atoms with Gasteiger partial charge < -0.3 is 10.6 Å². The Morgan fingerprint density at radius 3 is 2.57 bits per heavy atom. The lowest BCUT2D eigenvalue weighted by atomic mass is 9.63. The van der Waals surface area contributed by atoms with Gasteiger partial charge in [0.25, 0.3) is 0 Å². The molecule has 2 aliphatic rings. The highest BCUT2D eigenvalue weighted by molar-refractivity contribution is 7.14. The number of benzene rings is 1. The number of thiazole rings is 1. The van der Waals surface area contributed by atoms with Crippen LogP contribution in [0, 0.1) is 0 Å². The summed E-state index contributed by atoms with van der Waals surface area (Å²) < 4.78 is 0. The maximum Gasteiger partial charge on any atom is 0.240 e. The summed E-state index contributed by atoms with van der Waals surface area (Å²) in [5, 5.41) is 3.03. The number of carbonyl (C=O) groups excluding carboxylic acids is 1. The van der Waals surface area contributed by atoms with Gasteiger partial charge in [-0.25, -0.2) is 4.98 Å². The lowest BCUT2D eigenvalue weighted by Crippen LogP contribution is -2.47. The van der Waals surface area contributed by atoms with Crippen molar-refractivity contribution in [3.05, 3.63) is 34.7 Å². The number of fused-ring (bicyclic) bond motifs is 1. The first-order valence-corrected chi connectivity index (χ1v) is 11.2. The third kappa shape index (κ3) is 3.34. The van der Waals surface area contributed by atoms with Crippen LogP contribution in [0.5, 0.6) is 0 Å². The predicted octanol–water partition coefficient (Wildman–Crippen LogP) is 5.00. The quantitative estimate of drug-likeness (QED) is 0.792. The van der Waals surface area contributed by atoms with Gasteiger partial charge in [-0.05, 0) is 60.1 Å². The van der Waals surface area contributed by atoms with Gasteiger partial charge in [0.1, 0.15) is 6.04 Å². The minimum Gasteiger partial charge on any atom is -0.368 e. The first kappa shape index (κ1) is 19.4. The average molecular weight is 398 g/mol. The zero-order chi connectivity index (χ0) is 20.1. The number of primary amides is 1. The zero-order valence-electron chi connectivity index (χ0n) is 17.4. The summed E-state index contributed by atoms with van der Waals surface area (Å²) in [7, 11) is 0. The van der Waals surface area contributed by atoms with Crippen molar-refractivity contribution in [3.8, 4) is 11.3 Å². The normalized spacial score (nSPS) is 23.3. The van der Waals surface area contributed by atoms with Crippen LogP contribution in [-0.4, -0.2) is 23.5 Å². The third-order valence-corrected chi connectivity index (χ3v) is 7.60. The van der Waals surface area contributed by atoms with E-state index in [2.05, 4.69) is 56.2 Å². The smallest absolute Gasteiger partial charge is 0.240 e. The first-order valence-electron chi connectivity index (χ1n) is 10.4. The second kappa shape index (κ2) is 6.87. The van der Waals surface area contributed by atoms with Gasteiger partial charge in [0, 0.05) is 17.5 Å². The molecule has 1 aliphatic carbocycles. The van der Waals surface area contributed by atoms with Crippen molar-refractivity contribution in [2.24, 2.45) is 5.73 Å². The summed E-state index contributed by atoms with van der Waals surface area (Å²) in [4.78, 5) is 18.9. The Morgan fingerprint density at radius 2 is 1.86 bits per heavy atom. The molecule has 2 heterocycles. The second-order valence-corrected chi connectivity index (χ2v) is 10.5. The van der Waals surface area contributed by atoms with Crippen molar-refractivity contribution in [3.63, 3.8) is 0 Å². The molecule has 0 spiro atoms. The molecule has 1 saturated heterocycles. The van der Waals surface area contributed by atoms with E-state index in [1.54, 1.807) is 11.3 Å². The molecule has 4 nitrogen and oxygen atoms in total. The highest BCUT2D eigenvalue weighted by atomic mass is 32.1. The van der Waals surface area contributed by atoms with Crippen molar-refractivity contribution in [2.45, 2.75) is 76.7 Å². The summed E-state index contributed by atoms with van der Waals surface area (Å²) >= 11 is 1.62. The van der Waals surface area contributed by atoms with Gasteiger partial charge in [-0.2, -0.15) is 0 Å². The zero-order valence-corrected chi connectivity index (χ0v) is 18.2. The van der Waals surface area contributed by atoms with Gasteiger partial charge in [-0.1, -0.05) is 39.8 Å². The molecule has 150 valence electrons. The van der Waals surface area contributed by atoms with Crippen molar-refractivity contribution >= 4 is 22.4 Å². The van der Waals surface area contributed by atoms with Crippen molar-refractivity contribution in [2.75, 3.05) is 11.4 Å². The molecule has 1 amide bonds. The largest absolute Gasteiger partial charge is 0.368 e. The number of nitrogens with two attached hydrogens (primary N) is 1. The highest BCUT2D eigenvalue weighted by Gasteiger charge is 2.37. The van der Waals surface area contributed by atoms with Gasteiger partial charge in [0.15, 0.2) is 5.13 Å². The lowest BCUT2D eigenvalue weighted by molar-refractivity contribution is -0.119. The fraction of sp³-hybridized carbons (Fsp3) is 0.565. The fourth-order valence-corrected chi connectivity index (χ4v) is 5.64. The van der Waals surface area contributed by atoms with E-state index in [1.165, 1.54) is 29.5 Å². The molecule has 1 aromatic carbocycles. The summed E-state index contributed by atoms with van der Waals surface area (Å²) in [5.74, 6) is -0.241. The molecule has 0 saturated carbocycles. The molecule has 0 bridgehead atoms. The number of amides is 1. The molecule has 1 fully saturated rings. The molecule has 5 heteroatoms. The summed E-state index contributed by atoms with van der Waals surface area (Å²) in [6.07, 6.45) is 5.38. The number of hydrogen-bond acceptors (Lipinski definition) is 4. The molecule has 28 heavy (non-hydrogen) atoms. The van der Waals surface area contributed by atoms with Crippen LogP contribution in [0.25, 0.3) is 11.3 Å². The Labute approximate surface area is 172 Å². The van der Waals surface area contributed by atoms with E-state index in [0.717, 1.165) is 36.6 Å². The maximum absolute atomic E-state index is 11.9. The lowest BCUT2D eigenvalue weighted by Gasteiger charge is -2.42. The molecule has 1 unspecified atom stereocenters. The molecule has 1 atom stereocenters. The van der Waals surface area contributed by atoms with Crippen molar-refractivity contribution in [1.29, 1.82) is 0 Å². The monoisotopic (exact) mass is 397 g/mol. The molecule has 2 N–H and O–H groups in total. The van der Waals surface area contributed by atoms with Gasteiger partial charge in [-0.3, -0.25) is 4.79 Å². The van der Waals surface area contributed by atoms with Crippen molar-refractivity contribution in [1.82, 2.24) is 4.98 Å². The number of aromatic nitrogens is 1. The van der Waals surface area contributed by atoms with E-state index < -0.39 is 0 Å². The standard InChI is InChI=1S/C23H31N3OS/c1-22(2)10-11-23(3,4)17-13-15(8-9-16(17)22)18-14-28-21(25-18)26-12-6-5-7-19(26)20(24)27/h8-9,13-14,19H,5-7,10-12H2,1-4H3,(H2,24,27). The van der Waals surface area contributed by atoms with Crippen molar-refractivity contribution < 1.29 is 4.79 Å². The number of anilines is 1. The summed E-state index contributed by atoms with van der Waals surface area (Å²) in [6, 6.07) is 6.63. The van der Waals surface area contributed by atoms with Gasteiger partial charge in [0.2, 0.25) is 5.91 Å². The minimum absolute atomic E-state index is 0.184. The maximum atomic E-state index is 11.9. The molecular formula is C23H31N3OS. The Balaban J connectivity index is 1.69. The van der Waals surface area contributed by atoms with Crippen LogP contribution in [0.4, 0.5) is 5.13 Å². The molecular weight excluding hydrogens is 366 g/mol. The topological polar surface area (TPSA) is 59.2 Å². The minimum atomic E-state index is -0.241. The Hall–Kier alpha value is -1.88. The van der Waals surface area contributed by atoms with E-state index in [0.29, 0.717) is 0 Å². The van der Waals surface area contributed by atoms with Gasteiger partial charge in [-0.15, -0.1) is 11.3 Å². The molecule has 0 radical (unpaired) electrons. The Morgan fingerprint density at radius 1 is 1.14 bits per heavy atom. The van der Waals surface area contributed by atoms with E-state index in [1.807, 2.05) is 0 Å². The van der Waals surface area contributed by atoms with E-state index >= 15 is 0 Å². The molecule has 1 aromatic heterocycles. The molecule has 2 aromatic rings. The van der Waals surface area contributed by atoms with Crippen LogP contribution in [0.1, 0.15) is 70.9 Å². The van der Waals surface area contributed by atoms with E-state index in [-0.39, 0.29) is 22.8 Å². The van der Waals surface area contributed by atoms with Gasteiger partial charge >= 0.3 is 0 Å². The van der Waals surface area contributed by atoms with E-state index in [4.69, 9.17) is 10.7 Å². The van der Waals surface area contributed by atoms with Crippen LogP contribution in [0.15, 0.2) is 23.6 Å². The Kier molecular flexibility index (Phi) is 4.77. The predicted molar refractivity (Wildman–Crippen MR) is 117 cm³/mol. The summed E-state index contributed by atoms with van der Waals surface area (Å²) in [5.41, 5.74) is 11.1. The summed E-state index contributed by atoms with van der Waals surface area (Å²) in [6.45, 7) is 10.3. The van der Waals surface area contributed by atoms with Crippen LogP contribution in [0.3, 0.4) is 0 Å². The average Bonchev–Trinajstić information content (AvgIpc) is 3.15. The number of hydrogen-bond donors (Lipinski definition) is 1. The number of piperidine rings is 1. The molecule has 4 rings (SSSR count). The molecule has 1 aliphatic heterocycles. The SMILES string of the molecule is CC1(C)CCC(C)(C)c2cc(-c3csc(N4CCCCC4C(N)=O)n3)ccc21. The fourth-order valence-electron chi connectivity index (χ4n) is 4.73. The Bertz CT molecular complexity index is 899. The van der Waals surface area contributed by atoms with Crippen LogP contribution in [-0.2, 0) is 15.6 Å². The second-order valence-electron chi connectivity index (χ2n) is 9.65. The van der Waals surface area contributed by atoms with Crippen LogP contribution >= 0.6 is 11.3 Å². The van der Waals surface area contributed by atoms with Crippen LogP contribution < -0.4 is 10.6 Å².